The Morgan fingerprint density at radius 2 is 1.71 bits per heavy atom. The maximum absolute atomic E-state index is 13.1. The molecule has 17 heteroatoms. The second-order valence-corrected chi connectivity index (χ2v) is 12.8. The summed E-state index contributed by atoms with van der Waals surface area (Å²) in [6.07, 6.45) is -7.91. The number of aliphatic hydroxyl groups is 3. The van der Waals surface area contributed by atoms with Crippen molar-refractivity contribution in [1.29, 1.82) is 0 Å². The highest BCUT2D eigenvalue weighted by Crippen LogP contribution is 2.35. The van der Waals surface area contributed by atoms with Crippen LogP contribution in [0.2, 0.25) is 5.02 Å². The van der Waals surface area contributed by atoms with Crippen molar-refractivity contribution < 1.29 is 67.7 Å². The van der Waals surface area contributed by atoms with Crippen LogP contribution in [0.5, 0.6) is 11.5 Å². The second kappa shape index (κ2) is 18.9. The highest BCUT2D eigenvalue weighted by Gasteiger charge is 2.47. The predicted octanol–water partition coefficient (Wildman–Crippen LogP) is 2.00. The summed E-state index contributed by atoms with van der Waals surface area (Å²) in [6.45, 7) is 4.68. The van der Waals surface area contributed by atoms with Gasteiger partial charge in [-0.1, -0.05) is 35.9 Å². The van der Waals surface area contributed by atoms with Gasteiger partial charge in [0.1, 0.15) is 53.6 Å². The molecule has 2 aromatic carbocycles. The number of hydrogen-bond acceptors (Lipinski definition) is 14. The van der Waals surface area contributed by atoms with Crippen LogP contribution >= 0.6 is 11.6 Å². The molecule has 2 aromatic rings. The zero-order chi connectivity index (χ0) is 37.9. The van der Waals surface area contributed by atoms with Crippen molar-refractivity contribution in [2.24, 2.45) is 0 Å². The fourth-order valence-electron chi connectivity index (χ4n) is 4.93. The molecule has 5 N–H and O–H groups in total. The molecule has 0 bridgehead atoms. The monoisotopic (exact) mass is 740 g/mol. The molecule has 0 saturated carbocycles. The number of carbonyl (C=O) groups is 4. The second-order valence-electron chi connectivity index (χ2n) is 12.4. The fraction of sp³-hybridized carbons (Fsp3) is 0.529. The van der Waals surface area contributed by atoms with Crippen LogP contribution in [0.1, 0.15) is 55.1 Å². The molecule has 1 fully saturated rings. The van der Waals surface area contributed by atoms with Crippen LogP contribution < -0.4 is 20.1 Å². The van der Waals surface area contributed by atoms with Crippen LogP contribution in [-0.2, 0) is 46.4 Å². The van der Waals surface area contributed by atoms with Gasteiger partial charge >= 0.3 is 18.0 Å². The predicted molar refractivity (Wildman–Crippen MR) is 179 cm³/mol. The van der Waals surface area contributed by atoms with E-state index in [0.717, 1.165) is 11.1 Å². The van der Waals surface area contributed by atoms with Gasteiger partial charge in [-0.25, -0.2) is 14.4 Å². The van der Waals surface area contributed by atoms with E-state index < -0.39 is 67.0 Å². The van der Waals surface area contributed by atoms with Crippen molar-refractivity contribution in [3.63, 3.8) is 0 Å². The Bertz CT molecular complexity index is 1510. The highest BCUT2D eigenvalue weighted by atomic mass is 35.5. The van der Waals surface area contributed by atoms with E-state index in [1.165, 1.54) is 33.5 Å². The first kappa shape index (κ1) is 41.2. The first-order valence-electron chi connectivity index (χ1n) is 15.9. The first-order valence-corrected chi connectivity index (χ1v) is 16.3. The summed E-state index contributed by atoms with van der Waals surface area (Å²) in [6, 6.07) is 8.76. The Labute approximate surface area is 300 Å². The van der Waals surface area contributed by atoms with Crippen LogP contribution in [0.15, 0.2) is 36.4 Å². The molecule has 1 saturated heterocycles. The lowest BCUT2D eigenvalue weighted by Gasteiger charge is -2.40. The number of ether oxygens (including phenoxy) is 7. The van der Waals surface area contributed by atoms with Crippen molar-refractivity contribution in [2.75, 3.05) is 27.9 Å². The lowest BCUT2D eigenvalue weighted by atomic mass is 9.99. The molecule has 0 aliphatic carbocycles. The molecule has 0 unspecified atom stereocenters. The molecule has 282 valence electrons. The lowest BCUT2D eigenvalue weighted by Crippen LogP contribution is -2.60. The normalized spacial score (nSPS) is 20.8. The van der Waals surface area contributed by atoms with Crippen molar-refractivity contribution in [2.45, 2.75) is 89.1 Å². The molecular formula is C34H45ClN2O14. The molecule has 1 aliphatic heterocycles. The maximum Gasteiger partial charge on any atom is 0.408 e. The SMILES string of the molecule is COC(=O)[C@H](CCC(=O)NCc1cccc(COc2cc(OC)c(C(=O)O[C@H]3[C@@H](OC)O[C@H](CO)[C@@H](O)[C@@H]3O)cc2Cl)c1)NC(=O)OC(C)(C)C. The van der Waals surface area contributed by atoms with Gasteiger partial charge in [0.15, 0.2) is 12.4 Å². The topological polar surface area (TPSA) is 218 Å². The van der Waals surface area contributed by atoms with Gasteiger partial charge < -0.3 is 59.1 Å². The van der Waals surface area contributed by atoms with Crippen molar-refractivity contribution in [3.8, 4) is 11.5 Å². The van der Waals surface area contributed by atoms with Crippen LogP contribution in [-0.4, -0.2) is 110 Å². The molecule has 0 aromatic heterocycles. The Kier molecular flexibility index (Phi) is 15.3. The zero-order valence-corrected chi connectivity index (χ0v) is 29.9. The summed E-state index contributed by atoms with van der Waals surface area (Å²) >= 11 is 6.45. The third-order valence-corrected chi connectivity index (χ3v) is 7.78. The molecule has 0 spiro atoms. The number of aliphatic hydroxyl groups excluding tert-OH is 3. The molecule has 0 radical (unpaired) electrons. The Hall–Kier alpha value is -4.19. The summed E-state index contributed by atoms with van der Waals surface area (Å²) in [5.74, 6) is -1.80. The van der Waals surface area contributed by atoms with E-state index in [0.29, 0.717) is 0 Å². The van der Waals surface area contributed by atoms with Crippen LogP contribution in [0, 0.1) is 0 Å². The number of esters is 2. The number of carbonyl (C=O) groups excluding carboxylic acids is 4. The first-order chi connectivity index (χ1) is 24.1. The van der Waals surface area contributed by atoms with E-state index in [4.69, 9.17) is 44.8 Å². The molecular weight excluding hydrogens is 696 g/mol. The molecule has 16 nitrogen and oxygen atoms in total. The number of methoxy groups -OCH3 is 3. The standard InChI is InChI=1S/C34H45ClN2O14/c1-34(2,3)51-33(44)37-22(31(43)46-5)10-11-26(39)36-15-18-8-7-9-19(12-18)17-48-24-14-23(45-4)20(13-21(24)35)30(42)50-29-28(41)27(40)25(16-38)49-32(29)47-6/h7-9,12-14,22,25,27-29,32,38,40-41H,10-11,15-17H2,1-6H3,(H,36,39)(H,37,44)/t22-,25+,27+,28-,29+,32-/m0/s1. The van der Waals surface area contributed by atoms with Gasteiger partial charge in [-0.15, -0.1) is 0 Å². The quantitative estimate of drug-likeness (QED) is 0.130. The molecule has 6 atom stereocenters. The van der Waals surface area contributed by atoms with Crippen molar-refractivity contribution in [1.82, 2.24) is 10.6 Å². The maximum atomic E-state index is 13.1. The minimum Gasteiger partial charge on any atom is -0.496 e. The van der Waals surface area contributed by atoms with Gasteiger partial charge in [-0.05, 0) is 44.4 Å². The number of nitrogens with one attached hydrogen (secondary N) is 2. The number of amides is 2. The van der Waals surface area contributed by atoms with Crippen molar-refractivity contribution >= 4 is 35.5 Å². The van der Waals surface area contributed by atoms with Gasteiger partial charge in [-0.3, -0.25) is 4.79 Å². The molecule has 3 rings (SSSR count). The molecule has 1 heterocycles. The van der Waals surface area contributed by atoms with Gasteiger partial charge in [0.05, 0.1) is 25.8 Å². The summed E-state index contributed by atoms with van der Waals surface area (Å²) in [4.78, 5) is 50.0. The Morgan fingerprint density at radius 3 is 2.33 bits per heavy atom. The van der Waals surface area contributed by atoms with E-state index in [-0.39, 0.29) is 54.0 Å². The van der Waals surface area contributed by atoms with E-state index in [9.17, 15) is 34.5 Å². The van der Waals surface area contributed by atoms with Crippen LogP contribution in [0.4, 0.5) is 4.79 Å². The molecule has 2 amide bonds. The number of alkyl carbamates (subject to hydrolysis) is 1. The largest absolute Gasteiger partial charge is 0.496 e. The highest BCUT2D eigenvalue weighted by molar-refractivity contribution is 6.32. The van der Waals surface area contributed by atoms with E-state index in [2.05, 4.69) is 10.6 Å². The van der Waals surface area contributed by atoms with Crippen LogP contribution in [0.3, 0.4) is 0 Å². The number of hydrogen-bond donors (Lipinski definition) is 5. The van der Waals surface area contributed by atoms with Gasteiger partial charge in [0.25, 0.3) is 0 Å². The molecule has 51 heavy (non-hydrogen) atoms. The average molecular weight is 741 g/mol. The minimum absolute atomic E-state index is 0.00877. The summed E-state index contributed by atoms with van der Waals surface area (Å²) < 4.78 is 37.1. The Balaban J connectivity index is 1.59. The number of halogens is 1. The third kappa shape index (κ3) is 11.9. The average Bonchev–Trinajstić information content (AvgIpc) is 3.09. The van der Waals surface area contributed by atoms with E-state index >= 15 is 0 Å². The van der Waals surface area contributed by atoms with Gasteiger partial charge in [0, 0.05) is 26.1 Å². The van der Waals surface area contributed by atoms with E-state index in [1.807, 2.05) is 0 Å². The lowest BCUT2D eigenvalue weighted by molar-refractivity contribution is -0.293. The zero-order valence-electron chi connectivity index (χ0n) is 29.2. The third-order valence-electron chi connectivity index (χ3n) is 7.49. The van der Waals surface area contributed by atoms with Gasteiger partial charge in [0.2, 0.25) is 5.91 Å². The smallest absolute Gasteiger partial charge is 0.408 e. The molecule has 1 aliphatic rings. The number of rotatable bonds is 15. The van der Waals surface area contributed by atoms with Crippen molar-refractivity contribution in [3.05, 3.63) is 58.1 Å². The number of benzene rings is 2. The summed E-state index contributed by atoms with van der Waals surface area (Å²) in [5, 5.41) is 35.4. The fourth-order valence-corrected chi connectivity index (χ4v) is 5.15. The summed E-state index contributed by atoms with van der Waals surface area (Å²) in [7, 11) is 3.75. The summed E-state index contributed by atoms with van der Waals surface area (Å²) in [5.41, 5.74) is 0.602. The Morgan fingerprint density at radius 1 is 1.00 bits per heavy atom. The van der Waals surface area contributed by atoms with E-state index in [1.54, 1.807) is 45.0 Å². The van der Waals surface area contributed by atoms with Crippen LogP contribution in [0.25, 0.3) is 0 Å². The minimum atomic E-state index is -1.62. The van der Waals surface area contributed by atoms with Gasteiger partial charge in [-0.2, -0.15) is 0 Å².